The van der Waals surface area contributed by atoms with Crippen molar-refractivity contribution in [2.45, 2.75) is 6.92 Å². The summed E-state index contributed by atoms with van der Waals surface area (Å²) < 4.78 is 3.07. The van der Waals surface area contributed by atoms with Crippen LogP contribution in [0.1, 0.15) is 5.56 Å². The minimum atomic E-state index is 1.02. The summed E-state index contributed by atoms with van der Waals surface area (Å²) >= 11 is 10.6. The molecule has 0 aliphatic rings. The molecule has 0 spiro atoms. The van der Waals surface area contributed by atoms with Crippen LogP contribution in [0.4, 0.5) is 11.4 Å². The smallest absolute Gasteiger partial charge is 0.0673 e. The molecule has 0 aromatic heterocycles. The Balaban J connectivity index is 2.40. The van der Waals surface area contributed by atoms with Crippen molar-refractivity contribution in [3.8, 4) is 0 Å². The molecule has 88 valence electrons. The summed E-state index contributed by atoms with van der Waals surface area (Å²) in [5, 5.41) is 3.42. The first-order valence-electron chi connectivity index (χ1n) is 5.05. The molecular weight excluding hydrogens is 410 g/mol. The van der Waals surface area contributed by atoms with Crippen molar-refractivity contribution in [2.75, 3.05) is 5.32 Å². The molecule has 0 aliphatic heterocycles. The molecule has 17 heavy (non-hydrogen) atoms. The van der Waals surface area contributed by atoms with Gasteiger partial charge in [0.1, 0.15) is 0 Å². The van der Waals surface area contributed by atoms with Crippen LogP contribution in [0.25, 0.3) is 0 Å². The zero-order chi connectivity index (χ0) is 12.4. The van der Waals surface area contributed by atoms with Crippen molar-refractivity contribution >= 4 is 59.2 Å². The van der Waals surface area contributed by atoms with Gasteiger partial charge in [-0.25, -0.2) is 0 Å². The Morgan fingerprint density at radius 3 is 2.12 bits per heavy atom. The van der Waals surface area contributed by atoms with Crippen LogP contribution >= 0.6 is 47.8 Å². The molecule has 0 fully saturated rings. The molecule has 0 radical (unpaired) electrons. The molecule has 0 amide bonds. The highest BCUT2D eigenvalue weighted by Crippen LogP contribution is 2.36. The van der Waals surface area contributed by atoms with Gasteiger partial charge < -0.3 is 5.32 Å². The molecule has 0 aliphatic carbocycles. The predicted molar refractivity (Wildman–Crippen MR) is 84.0 cm³/mol. The lowest BCUT2D eigenvalue weighted by Gasteiger charge is -2.13. The van der Waals surface area contributed by atoms with E-state index in [9.17, 15) is 0 Å². The van der Waals surface area contributed by atoms with Gasteiger partial charge in [0.25, 0.3) is 0 Å². The first kappa shape index (κ1) is 13.1. The second kappa shape index (κ2) is 5.55. The van der Waals surface area contributed by atoms with E-state index in [4.69, 9.17) is 0 Å². The number of hydrogen-bond acceptors (Lipinski definition) is 1. The van der Waals surface area contributed by atoms with E-state index in [2.05, 4.69) is 72.2 Å². The Kier molecular flexibility index (Phi) is 4.28. The van der Waals surface area contributed by atoms with Gasteiger partial charge in [0.05, 0.1) is 5.69 Å². The van der Waals surface area contributed by atoms with Crippen LogP contribution in [-0.2, 0) is 0 Å². The summed E-state index contributed by atoms with van der Waals surface area (Å²) in [6.07, 6.45) is 0. The fourth-order valence-corrected chi connectivity index (χ4v) is 3.97. The van der Waals surface area contributed by atoms with E-state index < -0.39 is 0 Å². The Bertz CT molecular complexity index is 529. The van der Waals surface area contributed by atoms with Gasteiger partial charge in [-0.1, -0.05) is 34.1 Å². The van der Waals surface area contributed by atoms with Gasteiger partial charge in [0.2, 0.25) is 0 Å². The molecule has 0 heterocycles. The zero-order valence-electron chi connectivity index (χ0n) is 9.10. The highest BCUT2D eigenvalue weighted by Gasteiger charge is 2.07. The molecule has 0 unspecified atom stereocenters. The number of para-hydroxylation sites is 1. The summed E-state index contributed by atoms with van der Waals surface area (Å²) in [4.78, 5) is 0. The molecule has 0 bridgehead atoms. The Hall–Kier alpha value is -0.320. The van der Waals surface area contributed by atoms with E-state index in [0.29, 0.717) is 0 Å². The second-order valence-corrected chi connectivity index (χ2v) is 6.31. The summed E-state index contributed by atoms with van der Waals surface area (Å²) in [5.74, 6) is 0. The van der Waals surface area contributed by atoms with Crippen molar-refractivity contribution in [1.82, 2.24) is 0 Å². The standard InChI is InChI=1S/C13H10Br3N/c1-8-4-2-3-5-12(8)17-13-10(15)6-9(14)7-11(13)16/h2-7,17H,1H3. The van der Waals surface area contributed by atoms with E-state index in [0.717, 1.165) is 24.8 Å². The summed E-state index contributed by atoms with van der Waals surface area (Å²) in [7, 11) is 0. The molecular formula is C13H10Br3N. The topological polar surface area (TPSA) is 12.0 Å². The molecule has 2 aromatic carbocycles. The minimum Gasteiger partial charge on any atom is -0.353 e. The van der Waals surface area contributed by atoms with E-state index in [-0.39, 0.29) is 0 Å². The van der Waals surface area contributed by atoms with Crippen molar-refractivity contribution in [3.63, 3.8) is 0 Å². The molecule has 0 atom stereocenters. The van der Waals surface area contributed by atoms with Gasteiger partial charge in [-0.3, -0.25) is 0 Å². The molecule has 0 saturated carbocycles. The lowest BCUT2D eigenvalue weighted by molar-refractivity contribution is 1.41. The molecule has 2 aromatic rings. The third kappa shape index (κ3) is 3.12. The summed E-state index contributed by atoms with van der Waals surface area (Å²) in [6.45, 7) is 2.09. The number of rotatable bonds is 2. The highest BCUT2D eigenvalue weighted by molar-refractivity contribution is 9.11. The van der Waals surface area contributed by atoms with Crippen molar-refractivity contribution in [3.05, 3.63) is 55.4 Å². The zero-order valence-corrected chi connectivity index (χ0v) is 13.9. The van der Waals surface area contributed by atoms with Crippen LogP contribution < -0.4 is 5.32 Å². The quantitative estimate of drug-likeness (QED) is 0.627. The average Bonchev–Trinajstić information content (AvgIpc) is 2.25. The number of benzene rings is 2. The Labute approximate surface area is 126 Å². The highest BCUT2D eigenvalue weighted by atomic mass is 79.9. The van der Waals surface area contributed by atoms with Gasteiger partial charge in [0, 0.05) is 19.1 Å². The third-order valence-corrected chi connectivity index (χ3v) is 4.12. The summed E-state index contributed by atoms with van der Waals surface area (Å²) in [5.41, 5.74) is 3.35. The van der Waals surface area contributed by atoms with E-state index in [1.165, 1.54) is 5.56 Å². The van der Waals surface area contributed by atoms with Crippen LogP contribution in [0.3, 0.4) is 0 Å². The average molecular weight is 420 g/mol. The maximum absolute atomic E-state index is 3.56. The monoisotopic (exact) mass is 417 g/mol. The van der Waals surface area contributed by atoms with Gasteiger partial charge in [-0.2, -0.15) is 0 Å². The predicted octanol–water partition coefficient (Wildman–Crippen LogP) is 6.03. The fraction of sp³-hybridized carbons (Fsp3) is 0.0769. The number of nitrogens with one attached hydrogen (secondary N) is 1. The van der Waals surface area contributed by atoms with E-state index in [1.807, 2.05) is 24.3 Å². The van der Waals surface area contributed by atoms with Crippen molar-refractivity contribution in [1.29, 1.82) is 0 Å². The normalized spacial score (nSPS) is 10.4. The Morgan fingerprint density at radius 2 is 1.53 bits per heavy atom. The number of anilines is 2. The van der Waals surface area contributed by atoms with Crippen LogP contribution in [0.2, 0.25) is 0 Å². The van der Waals surface area contributed by atoms with Crippen LogP contribution in [0, 0.1) is 6.92 Å². The minimum absolute atomic E-state index is 1.02. The van der Waals surface area contributed by atoms with E-state index >= 15 is 0 Å². The third-order valence-electron chi connectivity index (χ3n) is 2.41. The number of hydrogen-bond donors (Lipinski definition) is 1. The van der Waals surface area contributed by atoms with Crippen molar-refractivity contribution < 1.29 is 0 Å². The lowest BCUT2D eigenvalue weighted by Crippen LogP contribution is -1.95. The van der Waals surface area contributed by atoms with Crippen LogP contribution in [0.5, 0.6) is 0 Å². The molecule has 1 nitrogen and oxygen atoms in total. The van der Waals surface area contributed by atoms with Crippen LogP contribution in [0.15, 0.2) is 49.8 Å². The second-order valence-electron chi connectivity index (χ2n) is 3.68. The van der Waals surface area contributed by atoms with E-state index in [1.54, 1.807) is 0 Å². The SMILES string of the molecule is Cc1ccccc1Nc1c(Br)cc(Br)cc1Br. The molecule has 1 N–H and O–H groups in total. The van der Waals surface area contributed by atoms with Gasteiger partial charge >= 0.3 is 0 Å². The lowest BCUT2D eigenvalue weighted by atomic mass is 10.2. The van der Waals surface area contributed by atoms with Gasteiger partial charge in [0.15, 0.2) is 0 Å². The molecule has 0 saturated heterocycles. The number of halogens is 3. The largest absolute Gasteiger partial charge is 0.353 e. The van der Waals surface area contributed by atoms with Crippen LogP contribution in [-0.4, -0.2) is 0 Å². The maximum atomic E-state index is 3.56. The Morgan fingerprint density at radius 1 is 0.941 bits per heavy atom. The number of aryl methyl sites for hydroxylation is 1. The summed E-state index contributed by atoms with van der Waals surface area (Å²) in [6, 6.07) is 12.2. The fourth-order valence-electron chi connectivity index (χ4n) is 1.51. The van der Waals surface area contributed by atoms with Crippen molar-refractivity contribution in [2.24, 2.45) is 0 Å². The first-order valence-corrected chi connectivity index (χ1v) is 7.43. The molecule has 4 heteroatoms. The molecule has 2 rings (SSSR count). The van der Waals surface area contributed by atoms with Gasteiger partial charge in [-0.05, 0) is 62.5 Å². The first-order chi connectivity index (χ1) is 8.08. The van der Waals surface area contributed by atoms with Gasteiger partial charge in [-0.15, -0.1) is 0 Å². The maximum Gasteiger partial charge on any atom is 0.0673 e.